The maximum Gasteiger partial charge on any atom is 0.225 e. The van der Waals surface area contributed by atoms with E-state index in [2.05, 4.69) is 50.9 Å². The molecule has 0 spiro atoms. The molecule has 4 rings (SSSR count). The Morgan fingerprint density at radius 2 is 1.85 bits per heavy atom. The highest BCUT2D eigenvalue weighted by Crippen LogP contribution is 2.40. The Balaban J connectivity index is 1.24. The zero-order chi connectivity index (χ0) is 18.6. The van der Waals surface area contributed by atoms with Gasteiger partial charge in [0.05, 0.1) is 0 Å². The van der Waals surface area contributed by atoms with Crippen LogP contribution < -0.4 is 10.6 Å². The molecule has 146 valence electrons. The standard InChI is InChI=1S/C22H32N4O/c1-23-22(25-20-14-19(20)16-8-4-2-5-9-16)24-18-12-13-26(15-18)21(27)17-10-6-3-7-11-17/h2,4-5,8-9,17-20H,3,6-7,10-15H2,1H3,(H2,23,24,25). The number of amides is 1. The normalized spacial score (nSPS) is 28.9. The van der Waals surface area contributed by atoms with Gasteiger partial charge in [-0.2, -0.15) is 0 Å². The summed E-state index contributed by atoms with van der Waals surface area (Å²) in [5, 5.41) is 7.10. The third kappa shape index (κ3) is 4.45. The second-order valence-corrected chi connectivity index (χ2v) is 8.33. The van der Waals surface area contributed by atoms with E-state index in [1.54, 1.807) is 0 Å². The van der Waals surface area contributed by atoms with E-state index in [4.69, 9.17) is 0 Å². The fraction of sp³-hybridized carbons (Fsp3) is 0.636. The molecule has 2 N–H and O–H groups in total. The summed E-state index contributed by atoms with van der Waals surface area (Å²) in [4.78, 5) is 19.2. The summed E-state index contributed by atoms with van der Waals surface area (Å²) >= 11 is 0. The molecule has 1 heterocycles. The molecule has 0 radical (unpaired) electrons. The van der Waals surface area contributed by atoms with Gasteiger partial charge >= 0.3 is 0 Å². The minimum Gasteiger partial charge on any atom is -0.353 e. The number of nitrogens with one attached hydrogen (secondary N) is 2. The van der Waals surface area contributed by atoms with E-state index in [-0.39, 0.29) is 5.92 Å². The molecule has 0 aromatic heterocycles. The third-order valence-electron chi connectivity index (χ3n) is 6.36. The number of benzene rings is 1. The number of aliphatic imine (C=N–C) groups is 1. The number of likely N-dealkylation sites (tertiary alicyclic amines) is 1. The summed E-state index contributed by atoms with van der Waals surface area (Å²) in [5.41, 5.74) is 1.40. The fourth-order valence-corrected chi connectivity index (χ4v) is 4.65. The van der Waals surface area contributed by atoms with Gasteiger partial charge < -0.3 is 15.5 Å². The summed E-state index contributed by atoms with van der Waals surface area (Å²) in [7, 11) is 1.83. The Hall–Kier alpha value is -2.04. The molecule has 3 fully saturated rings. The Kier molecular flexibility index (Phi) is 5.65. The molecular weight excluding hydrogens is 336 g/mol. The van der Waals surface area contributed by atoms with Gasteiger partial charge in [-0.25, -0.2) is 0 Å². The SMILES string of the molecule is CN=C(NC1CCN(C(=O)C2CCCCC2)C1)NC1CC1c1ccccc1. The third-order valence-corrected chi connectivity index (χ3v) is 6.36. The van der Waals surface area contributed by atoms with E-state index < -0.39 is 0 Å². The number of carbonyl (C=O) groups is 1. The van der Waals surface area contributed by atoms with Crippen molar-refractivity contribution in [1.29, 1.82) is 0 Å². The fourth-order valence-electron chi connectivity index (χ4n) is 4.65. The maximum atomic E-state index is 12.7. The van der Waals surface area contributed by atoms with Crippen molar-refractivity contribution >= 4 is 11.9 Å². The van der Waals surface area contributed by atoms with Crippen molar-refractivity contribution in [3.8, 4) is 0 Å². The zero-order valence-corrected chi connectivity index (χ0v) is 16.4. The van der Waals surface area contributed by atoms with Gasteiger partial charge in [0, 0.05) is 44.1 Å². The van der Waals surface area contributed by atoms with Gasteiger partial charge in [0.15, 0.2) is 5.96 Å². The van der Waals surface area contributed by atoms with Crippen LogP contribution in [0.2, 0.25) is 0 Å². The van der Waals surface area contributed by atoms with Crippen molar-refractivity contribution in [3.05, 3.63) is 35.9 Å². The van der Waals surface area contributed by atoms with Gasteiger partial charge in [-0.3, -0.25) is 9.79 Å². The summed E-state index contributed by atoms with van der Waals surface area (Å²) < 4.78 is 0. The molecule has 1 aromatic rings. The summed E-state index contributed by atoms with van der Waals surface area (Å²) in [5.74, 6) is 2.11. The molecular formula is C22H32N4O. The molecule has 2 aliphatic carbocycles. The van der Waals surface area contributed by atoms with E-state index in [0.717, 1.165) is 44.7 Å². The average molecular weight is 369 g/mol. The lowest BCUT2D eigenvalue weighted by Gasteiger charge is -2.26. The summed E-state index contributed by atoms with van der Waals surface area (Å²) in [6.07, 6.45) is 8.05. The van der Waals surface area contributed by atoms with Crippen LogP contribution >= 0.6 is 0 Å². The van der Waals surface area contributed by atoms with Crippen LogP contribution in [0, 0.1) is 5.92 Å². The molecule has 1 amide bonds. The van der Waals surface area contributed by atoms with E-state index >= 15 is 0 Å². The smallest absolute Gasteiger partial charge is 0.225 e. The number of nitrogens with zero attached hydrogens (tertiary/aromatic N) is 2. The van der Waals surface area contributed by atoms with Crippen LogP contribution in [-0.4, -0.2) is 49.0 Å². The van der Waals surface area contributed by atoms with Crippen LogP contribution in [0.3, 0.4) is 0 Å². The highest BCUT2D eigenvalue weighted by molar-refractivity contribution is 5.82. The number of hydrogen-bond donors (Lipinski definition) is 2. The van der Waals surface area contributed by atoms with Crippen LogP contribution in [-0.2, 0) is 4.79 Å². The van der Waals surface area contributed by atoms with Gasteiger partial charge in [-0.05, 0) is 31.2 Å². The van der Waals surface area contributed by atoms with E-state index in [9.17, 15) is 4.79 Å². The first-order chi connectivity index (χ1) is 13.2. The Bertz CT molecular complexity index is 668. The monoisotopic (exact) mass is 368 g/mol. The molecule has 3 atom stereocenters. The number of guanidine groups is 1. The van der Waals surface area contributed by atoms with Crippen molar-refractivity contribution in [2.24, 2.45) is 10.9 Å². The van der Waals surface area contributed by atoms with Crippen LogP contribution in [0.1, 0.15) is 56.4 Å². The predicted octanol–water partition coefficient (Wildman–Crippen LogP) is 2.89. The molecule has 1 saturated heterocycles. The molecule has 0 bridgehead atoms. The van der Waals surface area contributed by atoms with E-state index in [1.807, 2.05) is 7.05 Å². The van der Waals surface area contributed by atoms with E-state index in [0.29, 0.717) is 23.9 Å². The Morgan fingerprint density at radius 1 is 1.07 bits per heavy atom. The summed E-state index contributed by atoms with van der Waals surface area (Å²) in [6.45, 7) is 1.68. The first kappa shape index (κ1) is 18.3. The first-order valence-corrected chi connectivity index (χ1v) is 10.6. The van der Waals surface area contributed by atoms with Gasteiger partial charge in [0.1, 0.15) is 0 Å². The highest BCUT2D eigenvalue weighted by Gasteiger charge is 2.39. The molecule has 1 aliphatic heterocycles. The second-order valence-electron chi connectivity index (χ2n) is 8.33. The van der Waals surface area contributed by atoms with Gasteiger partial charge in [0.2, 0.25) is 5.91 Å². The second kappa shape index (κ2) is 8.32. The number of rotatable bonds is 4. The van der Waals surface area contributed by atoms with Gasteiger partial charge in [0.25, 0.3) is 0 Å². The topological polar surface area (TPSA) is 56.7 Å². The molecule has 3 unspecified atom stereocenters. The van der Waals surface area contributed by atoms with Gasteiger partial charge in [-0.1, -0.05) is 49.6 Å². The lowest BCUT2D eigenvalue weighted by Crippen LogP contribution is -2.46. The summed E-state index contributed by atoms with van der Waals surface area (Å²) in [6, 6.07) is 11.4. The lowest BCUT2D eigenvalue weighted by atomic mass is 9.88. The van der Waals surface area contributed by atoms with Crippen LogP contribution in [0.25, 0.3) is 0 Å². The maximum absolute atomic E-state index is 12.7. The molecule has 3 aliphatic rings. The minimum atomic E-state index is 0.271. The number of hydrogen-bond acceptors (Lipinski definition) is 2. The zero-order valence-electron chi connectivity index (χ0n) is 16.4. The molecule has 5 heteroatoms. The van der Waals surface area contributed by atoms with Crippen LogP contribution in [0.5, 0.6) is 0 Å². The van der Waals surface area contributed by atoms with Crippen LogP contribution in [0.15, 0.2) is 35.3 Å². The first-order valence-electron chi connectivity index (χ1n) is 10.6. The number of carbonyl (C=O) groups excluding carboxylic acids is 1. The Labute approximate surface area is 162 Å². The largest absolute Gasteiger partial charge is 0.353 e. The van der Waals surface area contributed by atoms with Gasteiger partial charge in [-0.15, -0.1) is 0 Å². The molecule has 27 heavy (non-hydrogen) atoms. The van der Waals surface area contributed by atoms with Crippen molar-refractivity contribution in [2.75, 3.05) is 20.1 Å². The molecule has 1 aromatic carbocycles. The Morgan fingerprint density at radius 3 is 2.59 bits per heavy atom. The highest BCUT2D eigenvalue weighted by atomic mass is 16.2. The molecule has 2 saturated carbocycles. The quantitative estimate of drug-likeness (QED) is 0.635. The van der Waals surface area contributed by atoms with Crippen molar-refractivity contribution in [3.63, 3.8) is 0 Å². The van der Waals surface area contributed by atoms with Crippen molar-refractivity contribution in [2.45, 2.75) is 62.9 Å². The molecule has 5 nitrogen and oxygen atoms in total. The average Bonchev–Trinajstić information content (AvgIpc) is 3.34. The minimum absolute atomic E-state index is 0.271. The van der Waals surface area contributed by atoms with Crippen molar-refractivity contribution in [1.82, 2.24) is 15.5 Å². The lowest BCUT2D eigenvalue weighted by molar-refractivity contribution is -0.135. The van der Waals surface area contributed by atoms with Crippen LogP contribution in [0.4, 0.5) is 0 Å². The van der Waals surface area contributed by atoms with Crippen molar-refractivity contribution < 1.29 is 4.79 Å². The predicted molar refractivity (Wildman–Crippen MR) is 109 cm³/mol. The van der Waals surface area contributed by atoms with E-state index in [1.165, 1.54) is 24.8 Å².